The molecule has 24 heavy (non-hydrogen) atoms. The van der Waals surface area contributed by atoms with E-state index in [-0.39, 0.29) is 22.2 Å². The van der Waals surface area contributed by atoms with Gasteiger partial charge in [0.2, 0.25) is 0 Å². The molecular weight excluding hydrogens is 397 g/mol. The van der Waals surface area contributed by atoms with E-state index in [4.69, 9.17) is 0 Å². The van der Waals surface area contributed by atoms with E-state index in [1.54, 1.807) is 6.07 Å². The van der Waals surface area contributed by atoms with E-state index in [2.05, 4.69) is 21.2 Å². The molecule has 0 aliphatic carbocycles. The molecule has 0 spiro atoms. The summed E-state index contributed by atoms with van der Waals surface area (Å²) in [6.07, 6.45) is 0.658. The molecule has 1 aliphatic heterocycles. The largest absolute Gasteiger partial charge is 0.378 e. The Kier molecular flexibility index (Phi) is 4.22. The Hall–Kier alpha value is -1.44. The van der Waals surface area contributed by atoms with Gasteiger partial charge in [-0.05, 0) is 59.4 Å². The zero-order valence-electron chi connectivity index (χ0n) is 13.2. The van der Waals surface area contributed by atoms with E-state index in [1.165, 1.54) is 24.3 Å². The Balaban J connectivity index is 2.05. The van der Waals surface area contributed by atoms with Crippen LogP contribution in [0.4, 0.5) is 10.1 Å². The molecule has 2 N–H and O–H groups in total. The summed E-state index contributed by atoms with van der Waals surface area (Å²) < 4.78 is 46.4. The first-order chi connectivity index (χ1) is 11.1. The van der Waals surface area contributed by atoms with E-state index in [0.29, 0.717) is 10.9 Å². The van der Waals surface area contributed by atoms with Gasteiger partial charge in [0, 0.05) is 10.2 Å². The smallest absolute Gasteiger partial charge is 0.294 e. The second kappa shape index (κ2) is 5.82. The number of fused-ring (bicyclic) bond motifs is 1. The molecule has 0 saturated carbocycles. The van der Waals surface area contributed by atoms with Crippen LogP contribution < -0.4 is 5.32 Å². The molecule has 2 aromatic carbocycles. The summed E-state index contributed by atoms with van der Waals surface area (Å²) in [5.41, 5.74) is 2.07. The van der Waals surface area contributed by atoms with Gasteiger partial charge in [0.15, 0.2) is 0 Å². The van der Waals surface area contributed by atoms with Crippen molar-refractivity contribution >= 4 is 31.7 Å². The SMILES string of the molecule is CC1(C)CC(c2cc(F)cc(Br)c2)Nc2ccc(S(=O)(=O)O)cc21. The molecule has 3 rings (SSSR count). The van der Waals surface area contributed by atoms with Crippen LogP contribution in [0.15, 0.2) is 45.8 Å². The summed E-state index contributed by atoms with van der Waals surface area (Å²) in [5.74, 6) is -0.313. The fourth-order valence-corrected chi connectivity index (χ4v) is 4.20. The first kappa shape index (κ1) is 17.4. The van der Waals surface area contributed by atoms with Crippen molar-refractivity contribution in [2.75, 3.05) is 5.32 Å². The van der Waals surface area contributed by atoms with Crippen molar-refractivity contribution in [2.24, 2.45) is 0 Å². The molecule has 1 unspecified atom stereocenters. The first-order valence-electron chi connectivity index (χ1n) is 7.41. The number of halogens is 2. The minimum atomic E-state index is -4.25. The van der Waals surface area contributed by atoms with Crippen LogP contribution in [0.2, 0.25) is 0 Å². The summed E-state index contributed by atoms with van der Waals surface area (Å²) in [6.45, 7) is 4.00. The minimum Gasteiger partial charge on any atom is -0.378 e. The maximum Gasteiger partial charge on any atom is 0.294 e. The zero-order valence-corrected chi connectivity index (χ0v) is 15.6. The van der Waals surface area contributed by atoms with Crippen LogP contribution in [0.3, 0.4) is 0 Å². The van der Waals surface area contributed by atoms with Crippen LogP contribution in [-0.4, -0.2) is 13.0 Å². The van der Waals surface area contributed by atoms with E-state index < -0.39 is 10.1 Å². The van der Waals surface area contributed by atoms with Crippen LogP contribution in [0.25, 0.3) is 0 Å². The molecule has 1 heterocycles. The third-order valence-electron chi connectivity index (χ3n) is 4.35. The van der Waals surface area contributed by atoms with Gasteiger partial charge in [0.1, 0.15) is 5.82 Å². The van der Waals surface area contributed by atoms with Crippen LogP contribution >= 0.6 is 15.9 Å². The van der Waals surface area contributed by atoms with Gasteiger partial charge in [-0.25, -0.2) is 4.39 Å². The second-order valence-electron chi connectivity index (χ2n) is 6.67. The fraction of sp³-hybridized carbons (Fsp3) is 0.294. The molecule has 128 valence electrons. The van der Waals surface area contributed by atoms with Gasteiger partial charge in [-0.1, -0.05) is 29.8 Å². The van der Waals surface area contributed by atoms with Crippen molar-refractivity contribution < 1.29 is 17.4 Å². The van der Waals surface area contributed by atoms with Gasteiger partial charge in [-0.2, -0.15) is 8.42 Å². The van der Waals surface area contributed by atoms with Gasteiger partial charge in [-0.3, -0.25) is 4.55 Å². The number of benzene rings is 2. The number of nitrogens with one attached hydrogen (secondary N) is 1. The molecular formula is C17H17BrFNO3S. The molecule has 4 nitrogen and oxygen atoms in total. The summed E-state index contributed by atoms with van der Waals surface area (Å²) >= 11 is 3.31. The monoisotopic (exact) mass is 413 g/mol. The van der Waals surface area contributed by atoms with Gasteiger partial charge >= 0.3 is 0 Å². The summed E-state index contributed by atoms with van der Waals surface area (Å²) in [5, 5.41) is 3.34. The zero-order chi connectivity index (χ0) is 17.7. The van der Waals surface area contributed by atoms with Crippen LogP contribution in [0.5, 0.6) is 0 Å². The molecule has 0 fully saturated rings. The van der Waals surface area contributed by atoms with Crippen molar-refractivity contribution in [3.05, 3.63) is 57.8 Å². The third-order valence-corrected chi connectivity index (χ3v) is 5.66. The molecule has 2 aromatic rings. The predicted molar refractivity (Wildman–Crippen MR) is 94.4 cm³/mol. The number of hydrogen-bond donors (Lipinski definition) is 2. The van der Waals surface area contributed by atoms with Gasteiger partial charge in [-0.15, -0.1) is 0 Å². The highest BCUT2D eigenvalue weighted by Crippen LogP contribution is 2.45. The minimum absolute atomic E-state index is 0.101. The van der Waals surface area contributed by atoms with Gasteiger partial charge < -0.3 is 5.32 Å². The Bertz CT molecular complexity index is 892. The lowest BCUT2D eigenvalue weighted by Gasteiger charge is -2.39. The Morgan fingerprint density at radius 3 is 2.58 bits per heavy atom. The average molecular weight is 414 g/mol. The van der Waals surface area contributed by atoms with Crippen molar-refractivity contribution in [1.29, 1.82) is 0 Å². The standard InChI is InChI=1S/C17H17BrFNO3S/c1-17(2)9-16(10-5-11(18)7-12(19)6-10)20-15-4-3-13(8-14(15)17)24(21,22)23/h3-8,16,20H,9H2,1-2H3,(H,21,22,23). The van der Waals surface area contributed by atoms with Crippen molar-refractivity contribution in [1.82, 2.24) is 0 Å². The number of anilines is 1. The first-order valence-corrected chi connectivity index (χ1v) is 9.64. The second-order valence-corrected chi connectivity index (χ2v) is 9.01. The molecule has 0 amide bonds. The van der Waals surface area contributed by atoms with E-state index >= 15 is 0 Å². The average Bonchev–Trinajstić information content (AvgIpc) is 2.44. The van der Waals surface area contributed by atoms with Crippen LogP contribution in [0, 0.1) is 5.82 Å². The molecule has 1 atom stereocenters. The van der Waals surface area contributed by atoms with E-state index in [9.17, 15) is 17.4 Å². The molecule has 0 aromatic heterocycles. The Morgan fingerprint density at radius 1 is 1.25 bits per heavy atom. The van der Waals surface area contributed by atoms with Gasteiger partial charge in [0.25, 0.3) is 10.1 Å². The quantitative estimate of drug-likeness (QED) is 0.701. The van der Waals surface area contributed by atoms with Crippen LogP contribution in [0.1, 0.15) is 37.4 Å². The third kappa shape index (κ3) is 3.34. The maximum atomic E-state index is 13.7. The molecule has 0 radical (unpaired) electrons. The lowest BCUT2D eigenvalue weighted by Crippen LogP contribution is -2.31. The summed E-state index contributed by atoms with van der Waals surface area (Å²) in [7, 11) is -4.25. The van der Waals surface area contributed by atoms with E-state index in [0.717, 1.165) is 16.8 Å². The van der Waals surface area contributed by atoms with Crippen molar-refractivity contribution in [2.45, 2.75) is 36.6 Å². The molecule has 0 saturated heterocycles. The Labute approximate surface area is 149 Å². The highest BCUT2D eigenvalue weighted by molar-refractivity contribution is 9.10. The molecule has 1 aliphatic rings. The molecule has 7 heteroatoms. The molecule has 0 bridgehead atoms. The summed E-state index contributed by atoms with van der Waals surface area (Å²) in [4.78, 5) is -0.122. The number of rotatable bonds is 2. The fourth-order valence-electron chi connectivity index (χ4n) is 3.21. The topological polar surface area (TPSA) is 66.4 Å². The van der Waals surface area contributed by atoms with Crippen molar-refractivity contribution in [3.63, 3.8) is 0 Å². The summed E-state index contributed by atoms with van der Waals surface area (Å²) in [6, 6.07) is 9.17. The van der Waals surface area contributed by atoms with Crippen molar-refractivity contribution in [3.8, 4) is 0 Å². The highest BCUT2D eigenvalue weighted by atomic mass is 79.9. The Morgan fingerprint density at radius 2 is 1.96 bits per heavy atom. The maximum absolute atomic E-state index is 13.7. The highest BCUT2D eigenvalue weighted by Gasteiger charge is 2.34. The van der Waals surface area contributed by atoms with E-state index in [1.807, 2.05) is 19.9 Å². The lowest BCUT2D eigenvalue weighted by molar-refractivity contribution is 0.424. The number of hydrogen-bond acceptors (Lipinski definition) is 3. The predicted octanol–water partition coefficient (Wildman–Crippen LogP) is 4.67. The van der Waals surface area contributed by atoms with Gasteiger partial charge in [0.05, 0.1) is 10.9 Å². The normalized spacial score (nSPS) is 19.5. The van der Waals surface area contributed by atoms with Crippen LogP contribution in [-0.2, 0) is 15.5 Å². The lowest BCUT2D eigenvalue weighted by atomic mass is 9.74.